The lowest BCUT2D eigenvalue weighted by Crippen LogP contribution is -2.10. The molecular weight excluding hydrogens is 216 g/mol. The van der Waals surface area contributed by atoms with Gasteiger partial charge in [0.25, 0.3) is 0 Å². The number of nitrogens with one attached hydrogen (secondary N) is 1. The first-order valence-corrected chi connectivity index (χ1v) is 5.49. The van der Waals surface area contributed by atoms with E-state index in [0.29, 0.717) is 5.82 Å². The van der Waals surface area contributed by atoms with Gasteiger partial charge in [0.15, 0.2) is 0 Å². The van der Waals surface area contributed by atoms with Crippen molar-refractivity contribution in [3.8, 4) is 0 Å². The Morgan fingerprint density at radius 3 is 2.71 bits per heavy atom. The van der Waals surface area contributed by atoms with Gasteiger partial charge in [-0.25, -0.2) is 4.98 Å². The van der Waals surface area contributed by atoms with Gasteiger partial charge >= 0.3 is 0 Å². The minimum Gasteiger partial charge on any atom is -0.384 e. The van der Waals surface area contributed by atoms with Crippen molar-refractivity contribution in [2.24, 2.45) is 0 Å². The highest BCUT2D eigenvalue weighted by molar-refractivity contribution is 5.44. The van der Waals surface area contributed by atoms with E-state index in [-0.39, 0.29) is 6.04 Å². The summed E-state index contributed by atoms with van der Waals surface area (Å²) in [6.07, 6.45) is 0. The molecule has 0 aliphatic rings. The minimum atomic E-state index is 0.0792. The van der Waals surface area contributed by atoms with Crippen LogP contribution >= 0.6 is 0 Å². The molecule has 0 saturated carbocycles. The molecule has 5 nitrogen and oxygen atoms in total. The van der Waals surface area contributed by atoms with Crippen molar-refractivity contribution in [2.45, 2.75) is 26.8 Å². The summed E-state index contributed by atoms with van der Waals surface area (Å²) >= 11 is 0. The van der Waals surface area contributed by atoms with E-state index in [4.69, 9.17) is 10.3 Å². The second kappa shape index (κ2) is 4.45. The molecule has 0 amide bonds. The third-order valence-corrected chi connectivity index (χ3v) is 2.66. The molecule has 0 radical (unpaired) electrons. The van der Waals surface area contributed by atoms with Crippen LogP contribution in [0, 0.1) is 13.8 Å². The van der Waals surface area contributed by atoms with Gasteiger partial charge in [0.2, 0.25) is 0 Å². The largest absolute Gasteiger partial charge is 0.384 e. The average Bonchev–Trinajstić information content (AvgIpc) is 2.58. The second-order valence-electron chi connectivity index (χ2n) is 4.05. The lowest BCUT2D eigenvalue weighted by Gasteiger charge is -2.14. The molecule has 0 aliphatic heterocycles. The van der Waals surface area contributed by atoms with E-state index in [1.165, 1.54) is 0 Å². The molecule has 2 rings (SSSR count). The minimum absolute atomic E-state index is 0.0792. The number of rotatable bonds is 3. The van der Waals surface area contributed by atoms with Crippen molar-refractivity contribution < 1.29 is 4.52 Å². The maximum Gasteiger partial charge on any atom is 0.139 e. The number of aromatic nitrogens is 2. The fourth-order valence-corrected chi connectivity index (χ4v) is 1.93. The maximum atomic E-state index is 5.63. The number of pyridine rings is 1. The molecule has 0 saturated heterocycles. The zero-order valence-electron chi connectivity index (χ0n) is 10.2. The van der Waals surface area contributed by atoms with Gasteiger partial charge in [0, 0.05) is 5.56 Å². The van der Waals surface area contributed by atoms with Gasteiger partial charge in [-0.15, -0.1) is 0 Å². The molecule has 2 heterocycles. The zero-order valence-corrected chi connectivity index (χ0v) is 10.2. The first kappa shape index (κ1) is 11.4. The molecule has 1 unspecified atom stereocenters. The summed E-state index contributed by atoms with van der Waals surface area (Å²) in [5.74, 6) is 2.07. The third-order valence-electron chi connectivity index (χ3n) is 2.66. The van der Waals surface area contributed by atoms with Crippen LogP contribution in [-0.2, 0) is 0 Å². The van der Waals surface area contributed by atoms with E-state index < -0.39 is 0 Å². The number of hydrogen-bond acceptors (Lipinski definition) is 5. The first-order chi connectivity index (χ1) is 8.08. The molecule has 0 aromatic carbocycles. The molecule has 17 heavy (non-hydrogen) atoms. The summed E-state index contributed by atoms with van der Waals surface area (Å²) in [5.41, 5.74) is 7.59. The smallest absolute Gasteiger partial charge is 0.139 e. The number of aryl methyl sites for hydroxylation is 2. The lowest BCUT2D eigenvalue weighted by atomic mass is 10.1. The molecule has 0 aliphatic carbocycles. The van der Waals surface area contributed by atoms with Crippen LogP contribution in [0.2, 0.25) is 0 Å². The van der Waals surface area contributed by atoms with Crippen molar-refractivity contribution >= 4 is 11.6 Å². The van der Waals surface area contributed by atoms with Crippen molar-refractivity contribution in [2.75, 3.05) is 11.1 Å². The molecule has 0 spiro atoms. The van der Waals surface area contributed by atoms with Crippen molar-refractivity contribution in [3.05, 3.63) is 35.2 Å². The van der Waals surface area contributed by atoms with Crippen molar-refractivity contribution in [1.29, 1.82) is 0 Å². The van der Waals surface area contributed by atoms with Crippen LogP contribution in [0.1, 0.15) is 30.0 Å². The quantitative estimate of drug-likeness (QED) is 0.849. The number of anilines is 2. The Morgan fingerprint density at radius 1 is 1.35 bits per heavy atom. The fraction of sp³-hybridized carbons (Fsp3) is 0.333. The van der Waals surface area contributed by atoms with E-state index in [9.17, 15) is 0 Å². The van der Waals surface area contributed by atoms with Crippen LogP contribution < -0.4 is 11.1 Å². The Hall–Kier alpha value is -2.04. The standard InChI is InChI=1S/C12H16N4O/c1-7(12-8(2)16-17-9(12)3)14-11-6-4-5-10(13)15-11/h4-7H,1-3H3,(H3,13,14,15). The molecule has 1 atom stereocenters. The Kier molecular flexibility index (Phi) is 2.99. The summed E-state index contributed by atoms with van der Waals surface area (Å²) in [4.78, 5) is 4.20. The van der Waals surface area contributed by atoms with Gasteiger partial charge < -0.3 is 15.6 Å². The van der Waals surface area contributed by atoms with Crippen LogP contribution in [0.4, 0.5) is 11.6 Å². The zero-order chi connectivity index (χ0) is 12.4. The Bertz CT molecular complexity index is 501. The van der Waals surface area contributed by atoms with Crippen LogP contribution in [0.5, 0.6) is 0 Å². The highest BCUT2D eigenvalue weighted by Crippen LogP contribution is 2.24. The van der Waals surface area contributed by atoms with Gasteiger partial charge in [-0.3, -0.25) is 0 Å². The molecule has 3 N–H and O–H groups in total. The Balaban J connectivity index is 2.20. The van der Waals surface area contributed by atoms with Gasteiger partial charge in [-0.05, 0) is 32.9 Å². The van der Waals surface area contributed by atoms with Crippen LogP contribution in [0.3, 0.4) is 0 Å². The number of nitrogen functional groups attached to an aromatic ring is 1. The van der Waals surface area contributed by atoms with Crippen LogP contribution in [-0.4, -0.2) is 10.1 Å². The first-order valence-electron chi connectivity index (χ1n) is 5.49. The molecule has 2 aromatic heterocycles. The third kappa shape index (κ3) is 2.38. The van der Waals surface area contributed by atoms with E-state index in [1.807, 2.05) is 32.9 Å². The van der Waals surface area contributed by atoms with Gasteiger partial charge in [0.1, 0.15) is 17.4 Å². The normalized spacial score (nSPS) is 12.4. The maximum absolute atomic E-state index is 5.63. The van der Waals surface area contributed by atoms with E-state index >= 15 is 0 Å². The summed E-state index contributed by atoms with van der Waals surface area (Å²) in [5, 5.41) is 7.21. The molecule has 0 bridgehead atoms. The summed E-state index contributed by atoms with van der Waals surface area (Å²) in [7, 11) is 0. The molecule has 90 valence electrons. The Morgan fingerprint density at radius 2 is 2.12 bits per heavy atom. The summed E-state index contributed by atoms with van der Waals surface area (Å²) in [6, 6.07) is 5.58. The van der Waals surface area contributed by atoms with Gasteiger partial charge in [-0.2, -0.15) is 0 Å². The predicted octanol–water partition coefficient (Wildman–Crippen LogP) is 2.44. The number of nitrogens with zero attached hydrogens (tertiary/aromatic N) is 2. The number of hydrogen-bond donors (Lipinski definition) is 2. The fourth-order valence-electron chi connectivity index (χ4n) is 1.93. The summed E-state index contributed by atoms with van der Waals surface area (Å²) in [6.45, 7) is 5.87. The average molecular weight is 232 g/mol. The highest BCUT2D eigenvalue weighted by Gasteiger charge is 2.16. The topological polar surface area (TPSA) is 77.0 Å². The van der Waals surface area contributed by atoms with Crippen molar-refractivity contribution in [1.82, 2.24) is 10.1 Å². The van der Waals surface area contributed by atoms with E-state index in [0.717, 1.165) is 22.8 Å². The van der Waals surface area contributed by atoms with Crippen LogP contribution in [0.15, 0.2) is 22.7 Å². The van der Waals surface area contributed by atoms with Crippen LogP contribution in [0.25, 0.3) is 0 Å². The van der Waals surface area contributed by atoms with Gasteiger partial charge in [-0.1, -0.05) is 11.2 Å². The predicted molar refractivity (Wildman–Crippen MR) is 66.7 cm³/mol. The van der Waals surface area contributed by atoms with Gasteiger partial charge in [0.05, 0.1) is 11.7 Å². The summed E-state index contributed by atoms with van der Waals surface area (Å²) < 4.78 is 5.14. The monoisotopic (exact) mass is 232 g/mol. The van der Waals surface area contributed by atoms with E-state index in [2.05, 4.69) is 15.5 Å². The molecule has 5 heteroatoms. The Labute approximate surface area is 100 Å². The van der Waals surface area contributed by atoms with E-state index in [1.54, 1.807) is 6.07 Å². The number of nitrogens with two attached hydrogens (primary N) is 1. The molecule has 0 fully saturated rings. The lowest BCUT2D eigenvalue weighted by molar-refractivity contribution is 0.392. The SMILES string of the molecule is Cc1noc(C)c1C(C)Nc1cccc(N)n1. The van der Waals surface area contributed by atoms with Crippen molar-refractivity contribution in [3.63, 3.8) is 0 Å². The highest BCUT2D eigenvalue weighted by atomic mass is 16.5. The second-order valence-corrected chi connectivity index (χ2v) is 4.05. The molecule has 2 aromatic rings. The molecular formula is C12H16N4O.